The normalized spacial score (nSPS) is 10.2. The van der Waals surface area contributed by atoms with Gasteiger partial charge in [0.2, 0.25) is 0 Å². The molecule has 0 fully saturated rings. The number of nitrogen functional groups attached to an aromatic ring is 1. The maximum atomic E-state index is 12.0. The molecule has 4 heteroatoms. The second kappa shape index (κ2) is 5.89. The minimum absolute atomic E-state index is 0.0978. The third-order valence-corrected chi connectivity index (χ3v) is 3.42. The molecule has 0 aliphatic heterocycles. The van der Waals surface area contributed by atoms with Gasteiger partial charge in [0.1, 0.15) is 0 Å². The molecule has 98 valence electrons. The van der Waals surface area contributed by atoms with Crippen molar-refractivity contribution in [2.24, 2.45) is 0 Å². The van der Waals surface area contributed by atoms with E-state index in [0.717, 1.165) is 15.6 Å². The molecular formula is C15H15BrN2O. The van der Waals surface area contributed by atoms with Crippen molar-refractivity contribution in [2.75, 3.05) is 5.73 Å². The van der Waals surface area contributed by atoms with Gasteiger partial charge in [0.05, 0.1) is 0 Å². The van der Waals surface area contributed by atoms with E-state index in [0.29, 0.717) is 17.8 Å². The van der Waals surface area contributed by atoms with E-state index in [4.69, 9.17) is 5.73 Å². The summed E-state index contributed by atoms with van der Waals surface area (Å²) in [5.74, 6) is -0.0978. The van der Waals surface area contributed by atoms with Gasteiger partial charge in [-0.15, -0.1) is 0 Å². The average Bonchev–Trinajstić information content (AvgIpc) is 2.40. The topological polar surface area (TPSA) is 55.1 Å². The number of hydrogen-bond donors (Lipinski definition) is 2. The van der Waals surface area contributed by atoms with Crippen LogP contribution in [0.5, 0.6) is 0 Å². The summed E-state index contributed by atoms with van der Waals surface area (Å²) in [6.45, 7) is 2.53. The Bertz CT molecular complexity index is 594. The van der Waals surface area contributed by atoms with Crippen molar-refractivity contribution < 1.29 is 4.79 Å². The fraction of sp³-hybridized carbons (Fsp3) is 0.133. The van der Waals surface area contributed by atoms with Crippen molar-refractivity contribution in [1.29, 1.82) is 0 Å². The summed E-state index contributed by atoms with van der Waals surface area (Å²) in [7, 11) is 0. The largest absolute Gasteiger partial charge is 0.399 e. The van der Waals surface area contributed by atoms with Crippen LogP contribution in [0.3, 0.4) is 0 Å². The molecule has 19 heavy (non-hydrogen) atoms. The minimum Gasteiger partial charge on any atom is -0.399 e. The highest BCUT2D eigenvalue weighted by Crippen LogP contribution is 2.16. The first-order valence-corrected chi connectivity index (χ1v) is 6.74. The Kier molecular flexibility index (Phi) is 4.22. The molecule has 3 nitrogen and oxygen atoms in total. The molecule has 3 N–H and O–H groups in total. The van der Waals surface area contributed by atoms with Crippen LogP contribution in [-0.2, 0) is 6.54 Å². The lowest BCUT2D eigenvalue weighted by Gasteiger charge is -2.09. The van der Waals surface area contributed by atoms with Crippen LogP contribution in [0.1, 0.15) is 21.5 Å². The second-order valence-electron chi connectivity index (χ2n) is 4.38. The lowest BCUT2D eigenvalue weighted by atomic mass is 10.1. The molecule has 1 amide bonds. The zero-order chi connectivity index (χ0) is 13.8. The summed E-state index contributed by atoms with van der Waals surface area (Å²) in [5, 5.41) is 2.90. The molecule has 2 rings (SSSR count). The van der Waals surface area contributed by atoms with Gasteiger partial charge >= 0.3 is 0 Å². The molecule has 0 aliphatic carbocycles. The maximum absolute atomic E-state index is 12.0. The molecule has 0 spiro atoms. The third-order valence-electron chi connectivity index (χ3n) is 2.92. The molecule has 2 aromatic carbocycles. The molecular weight excluding hydrogens is 304 g/mol. The van der Waals surface area contributed by atoms with E-state index in [9.17, 15) is 4.79 Å². The quantitative estimate of drug-likeness (QED) is 0.853. The average molecular weight is 319 g/mol. The minimum atomic E-state index is -0.0978. The smallest absolute Gasteiger partial charge is 0.251 e. The molecule has 2 aromatic rings. The van der Waals surface area contributed by atoms with Crippen LogP contribution >= 0.6 is 15.9 Å². The number of carbonyl (C=O) groups is 1. The van der Waals surface area contributed by atoms with Crippen molar-refractivity contribution in [3.63, 3.8) is 0 Å². The summed E-state index contributed by atoms with van der Waals surface area (Å²) in [4.78, 5) is 12.0. The number of nitrogens with one attached hydrogen (secondary N) is 1. The monoisotopic (exact) mass is 318 g/mol. The van der Waals surface area contributed by atoms with Gasteiger partial charge in [-0.2, -0.15) is 0 Å². The SMILES string of the molecule is Cc1ccc(Br)cc1CNC(=O)c1ccc(N)cc1. The van der Waals surface area contributed by atoms with Crippen LogP contribution in [0.2, 0.25) is 0 Å². The zero-order valence-electron chi connectivity index (χ0n) is 10.6. The molecule has 0 heterocycles. The number of hydrogen-bond acceptors (Lipinski definition) is 2. The summed E-state index contributed by atoms with van der Waals surface area (Å²) in [5.41, 5.74) is 9.11. The van der Waals surface area contributed by atoms with E-state index in [1.54, 1.807) is 24.3 Å². The number of carbonyl (C=O) groups excluding carboxylic acids is 1. The zero-order valence-corrected chi connectivity index (χ0v) is 12.2. The lowest BCUT2D eigenvalue weighted by Crippen LogP contribution is -2.23. The van der Waals surface area contributed by atoms with E-state index in [1.807, 2.05) is 25.1 Å². The van der Waals surface area contributed by atoms with Gasteiger partial charge in [0.15, 0.2) is 0 Å². The van der Waals surface area contributed by atoms with E-state index in [-0.39, 0.29) is 5.91 Å². The fourth-order valence-corrected chi connectivity index (χ4v) is 2.15. The number of rotatable bonds is 3. The van der Waals surface area contributed by atoms with E-state index in [2.05, 4.69) is 21.2 Å². The van der Waals surface area contributed by atoms with Gasteiger partial charge in [0.25, 0.3) is 5.91 Å². The number of nitrogens with two attached hydrogens (primary N) is 1. The van der Waals surface area contributed by atoms with Gasteiger partial charge in [-0.25, -0.2) is 0 Å². The maximum Gasteiger partial charge on any atom is 0.251 e. The first kappa shape index (κ1) is 13.6. The molecule has 0 atom stereocenters. The van der Waals surface area contributed by atoms with Crippen molar-refractivity contribution >= 4 is 27.5 Å². The van der Waals surface area contributed by atoms with Crippen molar-refractivity contribution in [3.8, 4) is 0 Å². The number of aryl methyl sites for hydroxylation is 1. The Labute approximate surface area is 121 Å². The second-order valence-corrected chi connectivity index (χ2v) is 5.29. The Morgan fingerprint density at radius 1 is 1.21 bits per heavy atom. The van der Waals surface area contributed by atoms with Crippen LogP contribution in [0.4, 0.5) is 5.69 Å². The molecule has 0 aromatic heterocycles. The third kappa shape index (κ3) is 3.58. The molecule has 0 bridgehead atoms. The van der Waals surface area contributed by atoms with Gasteiger partial charge in [0, 0.05) is 22.3 Å². The van der Waals surface area contributed by atoms with Crippen LogP contribution in [-0.4, -0.2) is 5.91 Å². The van der Waals surface area contributed by atoms with Crippen molar-refractivity contribution in [1.82, 2.24) is 5.32 Å². The van der Waals surface area contributed by atoms with E-state index in [1.165, 1.54) is 0 Å². The first-order chi connectivity index (χ1) is 9.06. The van der Waals surface area contributed by atoms with Crippen LogP contribution < -0.4 is 11.1 Å². The van der Waals surface area contributed by atoms with Crippen LogP contribution in [0, 0.1) is 6.92 Å². The highest BCUT2D eigenvalue weighted by Gasteiger charge is 2.06. The van der Waals surface area contributed by atoms with Gasteiger partial charge < -0.3 is 11.1 Å². The highest BCUT2D eigenvalue weighted by molar-refractivity contribution is 9.10. The Morgan fingerprint density at radius 2 is 1.89 bits per heavy atom. The van der Waals surface area contributed by atoms with Crippen molar-refractivity contribution in [3.05, 3.63) is 63.6 Å². The number of anilines is 1. The standard InChI is InChI=1S/C15H15BrN2O/c1-10-2-5-13(16)8-12(10)9-18-15(19)11-3-6-14(17)7-4-11/h2-8H,9,17H2,1H3,(H,18,19). The molecule has 0 radical (unpaired) electrons. The van der Waals surface area contributed by atoms with Gasteiger partial charge in [-0.1, -0.05) is 22.0 Å². The van der Waals surface area contributed by atoms with Crippen LogP contribution in [0.25, 0.3) is 0 Å². The predicted molar refractivity (Wildman–Crippen MR) is 80.9 cm³/mol. The number of halogens is 1. The summed E-state index contributed by atoms with van der Waals surface area (Å²) >= 11 is 3.43. The fourth-order valence-electron chi connectivity index (χ4n) is 1.74. The van der Waals surface area contributed by atoms with Gasteiger partial charge in [-0.3, -0.25) is 4.79 Å². The molecule has 0 unspecified atom stereocenters. The summed E-state index contributed by atoms with van der Waals surface area (Å²) < 4.78 is 1.01. The Balaban J connectivity index is 2.04. The van der Waals surface area contributed by atoms with E-state index >= 15 is 0 Å². The number of benzene rings is 2. The summed E-state index contributed by atoms with van der Waals surface area (Å²) in [6, 6.07) is 12.9. The molecule has 0 saturated heterocycles. The lowest BCUT2D eigenvalue weighted by molar-refractivity contribution is 0.0951. The highest BCUT2D eigenvalue weighted by atomic mass is 79.9. The Hall–Kier alpha value is -1.81. The molecule has 0 saturated carbocycles. The van der Waals surface area contributed by atoms with E-state index < -0.39 is 0 Å². The Morgan fingerprint density at radius 3 is 2.58 bits per heavy atom. The van der Waals surface area contributed by atoms with Crippen molar-refractivity contribution in [2.45, 2.75) is 13.5 Å². The predicted octanol–water partition coefficient (Wildman–Crippen LogP) is 3.27. The number of amides is 1. The molecule has 0 aliphatic rings. The van der Waals surface area contributed by atoms with Gasteiger partial charge in [-0.05, 0) is 54.4 Å². The summed E-state index contributed by atoms with van der Waals surface area (Å²) in [6.07, 6.45) is 0. The first-order valence-electron chi connectivity index (χ1n) is 5.95. The van der Waals surface area contributed by atoms with Crippen LogP contribution in [0.15, 0.2) is 46.9 Å².